The summed E-state index contributed by atoms with van der Waals surface area (Å²) < 4.78 is 5.61. The van der Waals surface area contributed by atoms with Crippen molar-refractivity contribution in [3.63, 3.8) is 0 Å². The molecule has 1 aromatic carbocycles. The molecule has 1 amide bonds. The van der Waals surface area contributed by atoms with Gasteiger partial charge in [-0.05, 0) is 24.7 Å². The van der Waals surface area contributed by atoms with E-state index in [0.717, 1.165) is 31.5 Å². The van der Waals surface area contributed by atoms with Gasteiger partial charge in [0, 0.05) is 12.8 Å². The first-order chi connectivity index (χ1) is 9.72. The van der Waals surface area contributed by atoms with Gasteiger partial charge >= 0.3 is 6.09 Å². The van der Waals surface area contributed by atoms with Gasteiger partial charge in [-0.15, -0.1) is 12.4 Å². The number of rotatable bonds is 2. The number of ether oxygens (including phenoxy) is 1. The Balaban J connectivity index is 0.00000161. The van der Waals surface area contributed by atoms with Crippen LogP contribution in [0.4, 0.5) is 4.79 Å². The van der Waals surface area contributed by atoms with Crippen LogP contribution >= 0.6 is 12.4 Å². The maximum absolute atomic E-state index is 12.1. The summed E-state index contributed by atoms with van der Waals surface area (Å²) in [6.45, 7) is 2.83. The summed E-state index contributed by atoms with van der Waals surface area (Å²) in [5, 5.41) is 12.4. The summed E-state index contributed by atoms with van der Waals surface area (Å²) in [6, 6.07) is 9.55. The number of hydrogen-bond donors (Lipinski definition) is 1. The molecule has 2 aliphatic heterocycles. The summed E-state index contributed by atoms with van der Waals surface area (Å²) in [4.78, 5) is 13.8. The Hall–Kier alpha value is -1.77. The highest BCUT2D eigenvalue weighted by Crippen LogP contribution is 2.32. The fourth-order valence-corrected chi connectivity index (χ4v) is 2.93. The molecule has 1 spiro atoms. The molecule has 0 unspecified atom stereocenters. The fourth-order valence-electron chi connectivity index (χ4n) is 2.93. The van der Waals surface area contributed by atoms with Crippen molar-refractivity contribution in [2.45, 2.75) is 25.0 Å². The maximum atomic E-state index is 12.1. The van der Waals surface area contributed by atoms with Crippen molar-refractivity contribution in [3.8, 4) is 6.07 Å². The molecule has 21 heavy (non-hydrogen) atoms. The van der Waals surface area contributed by atoms with Crippen molar-refractivity contribution in [2.75, 3.05) is 19.6 Å². The molecule has 0 atom stereocenters. The van der Waals surface area contributed by atoms with Crippen LogP contribution in [0, 0.1) is 11.3 Å². The molecular formula is C15H18ClN3O2. The van der Waals surface area contributed by atoms with Gasteiger partial charge in [0.2, 0.25) is 0 Å². The van der Waals surface area contributed by atoms with Crippen LogP contribution in [0.3, 0.4) is 0 Å². The zero-order chi connectivity index (χ0) is 14.0. The highest BCUT2D eigenvalue weighted by molar-refractivity contribution is 5.85. The van der Waals surface area contributed by atoms with Crippen LogP contribution in [-0.4, -0.2) is 36.2 Å². The van der Waals surface area contributed by atoms with Crippen molar-refractivity contribution in [2.24, 2.45) is 0 Å². The van der Waals surface area contributed by atoms with E-state index in [1.54, 1.807) is 11.0 Å². The Bertz CT molecular complexity index is 564. The third-order valence-corrected chi connectivity index (χ3v) is 4.05. The van der Waals surface area contributed by atoms with Crippen LogP contribution in [0.1, 0.15) is 24.0 Å². The molecule has 1 N–H and O–H groups in total. The van der Waals surface area contributed by atoms with Gasteiger partial charge in [-0.3, -0.25) is 4.90 Å². The first-order valence-electron chi connectivity index (χ1n) is 6.89. The summed E-state index contributed by atoms with van der Waals surface area (Å²) in [7, 11) is 0. The van der Waals surface area contributed by atoms with Crippen molar-refractivity contribution < 1.29 is 9.53 Å². The van der Waals surface area contributed by atoms with Gasteiger partial charge in [0.25, 0.3) is 0 Å². The second-order valence-electron chi connectivity index (χ2n) is 5.43. The lowest BCUT2D eigenvalue weighted by Crippen LogP contribution is -2.44. The van der Waals surface area contributed by atoms with E-state index in [0.29, 0.717) is 18.7 Å². The number of hydrogen-bond acceptors (Lipinski definition) is 4. The molecule has 2 aliphatic rings. The number of nitrogens with zero attached hydrogens (tertiary/aromatic N) is 2. The van der Waals surface area contributed by atoms with Gasteiger partial charge in [-0.25, -0.2) is 4.79 Å². The number of nitrogens with one attached hydrogen (secondary N) is 1. The van der Waals surface area contributed by atoms with Gasteiger partial charge in [-0.1, -0.05) is 18.2 Å². The first kappa shape index (κ1) is 15.6. The van der Waals surface area contributed by atoms with Crippen LogP contribution in [-0.2, 0) is 11.3 Å². The lowest BCUT2D eigenvalue weighted by atomic mass is 9.92. The number of nitriles is 1. The predicted molar refractivity (Wildman–Crippen MR) is 80.1 cm³/mol. The largest absolute Gasteiger partial charge is 0.441 e. The summed E-state index contributed by atoms with van der Waals surface area (Å²) >= 11 is 0. The van der Waals surface area contributed by atoms with Crippen LogP contribution in [0.15, 0.2) is 24.3 Å². The van der Waals surface area contributed by atoms with Crippen molar-refractivity contribution in [1.29, 1.82) is 5.26 Å². The van der Waals surface area contributed by atoms with Gasteiger partial charge in [0.1, 0.15) is 5.60 Å². The van der Waals surface area contributed by atoms with E-state index in [-0.39, 0.29) is 24.1 Å². The highest BCUT2D eigenvalue weighted by Gasteiger charge is 2.45. The SMILES string of the molecule is Cl.N#Cc1ccccc1CN1CC2(CCNCC2)OC1=O. The molecule has 6 heteroatoms. The van der Waals surface area contributed by atoms with E-state index in [4.69, 9.17) is 10.00 Å². The standard InChI is InChI=1S/C15H17N3O2.ClH/c16-9-12-3-1-2-4-13(12)10-18-11-15(20-14(18)19)5-7-17-8-6-15;/h1-4,17H,5-8,10-11H2;1H. The van der Waals surface area contributed by atoms with Crippen LogP contribution in [0.25, 0.3) is 0 Å². The maximum Gasteiger partial charge on any atom is 0.410 e. The minimum absolute atomic E-state index is 0. The minimum atomic E-state index is -0.329. The number of carbonyl (C=O) groups excluding carboxylic acids is 1. The average Bonchev–Trinajstić information content (AvgIpc) is 2.76. The molecule has 0 bridgehead atoms. The second kappa shape index (κ2) is 6.33. The van der Waals surface area contributed by atoms with Crippen LogP contribution < -0.4 is 5.32 Å². The molecule has 0 aromatic heterocycles. The Labute approximate surface area is 130 Å². The summed E-state index contributed by atoms with van der Waals surface area (Å²) in [5.41, 5.74) is 1.16. The monoisotopic (exact) mass is 307 g/mol. The van der Waals surface area contributed by atoms with E-state index in [1.807, 2.05) is 18.2 Å². The molecule has 1 aromatic rings. The minimum Gasteiger partial charge on any atom is -0.441 e. The average molecular weight is 308 g/mol. The van der Waals surface area contributed by atoms with Crippen LogP contribution in [0.2, 0.25) is 0 Å². The molecule has 5 nitrogen and oxygen atoms in total. The van der Waals surface area contributed by atoms with Gasteiger partial charge in [0.05, 0.1) is 24.7 Å². The summed E-state index contributed by atoms with van der Waals surface area (Å²) in [6.07, 6.45) is 1.45. The molecule has 2 saturated heterocycles. The number of benzene rings is 1. The smallest absolute Gasteiger partial charge is 0.410 e. The molecule has 0 aliphatic carbocycles. The normalized spacial score (nSPS) is 19.8. The third-order valence-electron chi connectivity index (χ3n) is 4.05. The Morgan fingerprint density at radius 2 is 2.05 bits per heavy atom. The number of amides is 1. The van der Waals surface area contributed by atoms with Gasteiger partial charge < -0.3 is 10.1 Å². The first-order valence-corrected chi connectivity index (χ1v) is 6.89. The van der Waals surface area contributed by atoms with E-state index >= 15 is 0 Å². The third kappa shape index (κ3) is 3.12. The van der Waals surface area contributed by atoms with Crippen LogP contribution in [0.5, 0.6) is 0 Å². The molecule has 3 rings (SSSR count). The number of halogens is 1. The molecule has 0 radical (unpaired) electrons. The second-order valence-corrected chi connectivity index (χ2v) is 5.43. The van der Waals surface area contributed by atoms with Crippen molar-refractivity contribution in [1.82, 2.24) is 10.2 Å². The van der Waals surface area contributed by atoms with Gasteiger partial charge in [0.15, 0.2) is 0 Å². The zero-order valence-corrected chi connectivity index (χ0v) is 12.5. The van der Waals surface area contributed by atoms with E-state index in [1.165, 1.54) is 0 Å². The van der Waals surface area contributed by atoms with Crippen molar-refractivity contribution in [3.05, 3.63) is 35.4 Å². The van der Waals surface area contributed by atoms with E-state index in [9.17, 15) is 4.79 Å². The Kier molecular flexibility index (Phi) is 4.71. The topological polar surface area (TPSA) is 65.4 Å². The number of carbonyl (C=O) groups is 1. The summed E-state index contributed by atoms with van der Waals surface area (Å²) in [5.74, 6) is 0. The highest BCUT2D eigenvalue weighted by atomic mass is 35.5. The predicted octanol–water partition coefficient (Wildman–Crippen LogP) is 2.05. The molecular weight excluding hydrogens is 290 g/mol. The van der Waals surface area contributed by atoms with Crippen molar-refractivity contribution >= 4 is 18.5 Å². The Morgan fingerprint density at radius 1 is 1.33 bits per heavy atom. The lowest BCUT2D eigenvalue weighted by molar-refractivity contribution is 0.0316. The molecule has 0 saturated carbocycles. The lowest BCUT2D eigenvalue weighted by Gasteiger charge is -2.31. The number of piperidine rings is 1. The molecule has 2 fully saturated rings. The van der Waals surface area contributed by atoms with E-state index < -0.39 is 0 Å². The zero-order valence-electron chi connectivity index (χ0n) is 11.7. The van der Waals surface area contributed by atoms with Gasteiger partial charge in [-0.2, -0.15) is 5.26 Å². The van der Waals surface area contributed by atoms with E-state index in [2.05, 4.69) is 11.4 Å². The molecule has 112 valence electrons. The molecule has 2 heterocycles. The Morgan fingerprint density at radius 3 is 2.76 bits per heavy atom. The quantitative estimate of drug-likeness (QED) is 0.908. The fraction of sp³-hybridized carbons (Fsp3) is 0.467.